The third-order valence-corrected chi connectivity index (χ3v) is 3.33. The van der Waals surface area contributed by atoms with Crippen molar-refractivity contribution in [3.05, 3.63) is 0 Å². The molecule has 1 aliphatic carbocycles. The fraction of sp³-hybridized carbons (Fsp3) is 0.909. The van der Waals surface area contributed by atoms with Gasteiger partial charge in [0.05, 0.1) is 6.10 Å². The van der Waals surface area contributed by atoms with Crippen LogP contribution in [0.2, 0.25) is 0 Å². The van der Waals surface area contributed by atoms with E-state index in [-0.39, 0.29) is 23.5 Å². The molecule has 3 N–H and O–H groups in total. The topological polar surface area (TPSA) is 61.4 Å². The van der Waals surface area contributed by atoms with Crippen LogP contribution in [0.25, 0.3) is 0 Å². The summed E-state index contributed by atoms with van der Waals surface area (Å²) in [4.78, 5) is 11.5. The summed E-state index contributed by atoms with van der Waals surface area (Å²) in [5.41, 5.74) is -0.173. The van der Waals surface area contributed by atoms with Crippen molar-refractivity contribution >= 4 is 5.91 Å². The molecule has 0 aliphatic heterocycles. The summed E-state index contributed by atoms with van der Waals surface area (Å²) in [5.74, 6) is 0.0703. The number of aliphatic hydroxyl groups excluding tert-OH is 1. The first kappa shape index (κ1) is 12.5. The number of carbonyl (C=O) groups excluding carboxylic acids is 1. The maximum absolute atomic E-state index is 11.5. The Balaban J connectivity index is 2.22. The SMILES string of the molecule is CCNCCC(=O)NC1CC(O)C1(C)C. The largest absolute Gasteiger partial charge is 0.392 e. The van der Waals surface area contributed by atoms with Crippen LogP contribution in [0.1, 0.15) is 33.6 Å². The first-order valence-electron chi connectivity index (χ1n) is 5.66. The highest BCUT2D eigenvalue weighted by Gasteiger charge is 2.47. The monoisotopic (exact) mass is 214 g/mol. The van der Waals surface area contributed by atoms with Gasteiger partial charge in [0.25, 0.3) is 0 Å². The third kappa shape index (κ3) is 2.92. The van der Waals surface area contributed by atoms with E-state index in [1.165, 1.54) is 0 Å². The predicted octanol–water partition coefficient (Wildman–Crippen LogP) is 0.262. The average molecular weight is 214 g/mol. The molecule has 0 saturated heterocycles. The molecule has 1 fully saturated rings. The molecule has 1 saturated carbocycles. The Kier molecular flexibility index (Phi) is 4.11. The van der Waals surface area contributed by atoms with E-state index in [0.717, 1.165) is 13.1 Å². The highest BCUT2D eigenvalue weighted by Crippen LogP contribution is 2.40. The number of aliphatic hydroxyl groups is 1. The molecule has 0 aromatic carbocycles. The molecule has 0 heterocycles. The number of carbonyl (C=O) groups is 1. The van der Waals surface area contributed by atoms with E-state index >= 15 is 0 Å². The normalized spacial score (nSPS) is 28.3. The number of nitrogens with one attached hydrogen (secondary N) is 2. The molecule has 0 aromatic heterocycles. The summed E-state index contributed by atoms with van der Waals surface area (Å²) in [7, 11) is 0. The molecule has 0 radical (unpaired) electrons. The van der Waals surface area contributed by atoms with Gasteiger partial charge in [0.15, 0.2) is 0 Å². The lowest BCUT2D eigenvalue weighted by Gasteiger charge is -2.49. The van der Waals surface area contributed by atoms with Gasteiger partial charge in [0.1, 0.15) is 0 Å². The van der Waals surface area contributed by atoms with Gasteiger partial charge in [-0.15, -0.1) is 0 Å². The fourth-order valence-electron chi connectivity index (χ4n) is 1.79. The number of hydrogen-bond acceptors (Lipinski definition) is 3. The quantitative estimate of drug-likeness (QED) is 0.575. The molecule has 88 valence electrons. The van der Waals surface area contributed by atoms with E-state index < -0.39 is 0 Å². The molecule has 15 heavy (non-hydrogen) atoms. The highest BCUT2D eigenvalue weighted by atomic mass is 16.3. The van der Waals surface area contributed by atoms with Crippen LogP contribution in [0.5, 0.6) is 0 Å². The second-order valence-electron chi connectivity index (χ2n) is 4.80. The van der Waals surface area contributed by atoms with Crippen LogP contribution >= 0.6 is 0 Å². The average Bonchev–Trinajstić information content (AvgIpc) is 2.18. The Hall–Kier alpha value is -0.610. The van der Waals surface area contributed by atoms with Crippen molar-refractivity contribution < 1.29 is 9.90 Å². The van der Waals surface area contributed by atoms with Crippen LogP contribution < -0.4 is 10.6 Å². The molecule has 0 spiro atoms. The van der Waals surface area contributed by atoms with Gasteiger partial charge in [-0.05, 0) is 13.0 Å². The number of rotatable bonds is 5. The summed E-state index contributed by atoms with van der Waals surface area (Å²) in [6.07, 6.45) is 0.910. The maximum atomic E-state index is 11.5. The van der Waals surface area contributed by atoms with Gasteiger partial charge in [-0.1, -0.05) is 20.8 Å². The molecule has 1 amide bonds. The minimum Gasteiger partial charge on any atom is -0.392 e. The van der Waals surface area contributed by atoms with Gasteiger partial charge in [-0.25, -0.2) is 0 Å². The zero-order chi connectivity index (χ0) is 11.5. The van der Waals surface area contributed by atoms with Crippen molar-refractivity contribution in [3.63, 3.8) is 0 Å². The molecule has 1 aliphatic rings. The van der Waals surface area contributed by atoms with Crippen LogP contribution in [-0.4, -0.2) is 36.2 Å². The Morgan fingerprint density at radius 1 is 1.53 bits per heavy atom. The lowest BCUT2D eigenvalue weighted by Crippen LogP contribution is -2.61. The first-order valence-corrected chi connectivity index (χ1v) is 5.66. The van der Waals surface area contributed by atoms with Crippen LogP contribution in [0.3, 0.4) is 0 Å². The summed E-state index contributed by atoms with van der Waals surface area (Å²) in [5, 5.41) is 15.6. The van der Waals surface area contributed by atoms with Gasteiger partial charge in [0.2, 0.25) is 5.91 Å². The first-order chi connectivity index (χ1) is 6.98. The van der Waals surface area contributed by atoms with Gasteiger partial charge in [-0.3, -0.25) is 4.79 Å². The van der Waals surface area contributed by atoms with Crippen molar-refractivity contribution in [2.75, 3.05) is 13.1 Å². The van der Waals surface area contributed by atoms with Gasteiger partial charge < -0.3 is 15.7 Å². The summed E-state index contributed by atoms with van der Waals surface area (Å²) < 4.78 is 0. The third-order valence-electron chi connectivity index (χ3n) is 3.33. The Morgan fingerprint density at radius 2 is 2.20 bits per heavy atom. The second-order valence-corrected chi connectivity index (χ2v) is 4.80. The van der Waals surface area contributed by atoms with Crippen molar-refractivity contribution in [1.82, 2.24) is 10.6 Å². The summed E-state index contributed by atoms with van der Waals surface area (Å²) in [6.45, 7) is 7.59. The minimum atomic E-state index is -0.281. The Morgan fingerprint density at radius 3 is 2.67 bits per heavy atom. The van der Waals surface area contributed by atoms with Gasteiger partial charge >= 0.3 is 0 Å². The van der Waals surface area contributed by atoms with E-state index in [2.05, 4.69) is 10.6 Å². The van der Waals surface area contributed by atoms with Crippen molar-refractivity contribution in [2.45, 2.75) is 45.8 Å². The van der Waals surface area contributed by atoms with E-state index in [4.69, 9.17) is 0 Å². The van der Waals surface area contributed by atoms with Crippen molar-refractivity contribution in [1.29, 1.82) is 0 Å². The van der Waals surface area contributed by atoms with Crippen LogP contribution in [0.4, 0.5) is 0 Å². The predicted molar refractivity (Wildman–Crippen MR) is 59.5 cm³/mol. The van der Waals surface area contributed by atoms with Crippen molar-refractivity contribution in [3.8, 4) is 0 Å². The molecule has 4 nitrogen and oxygen atoms in total. The van der Waals surface area contributed by atoms with Crippen LogP contribution in [0, 0.1) is 5.41 Å². The maximum Gasteiger partial charge on any atom is 0.221 e. The number of hydrogen-bond donors (Lipinski definition) is 3. The van der Waals surface area contributed by atoms with Gasteiger partial charge in [0, 0.05) is 24.4 Å². The molecule has 4 heteroatoms. The highest BCUT2D eigenvalue weighted by molar-refractivity contribution is 5.76. The standard InChI is InChI=1S/C11H22N2O2/c1-4-12-6-5-10(15)13-8-7-9(14)11(8,2)3/h8-9,12,14H,4-7H2,1-3H3,(H,13,15). The molecular formula is C11H22N2O2. The van der Waals surface area contributed by atoms with E-state index in [0.29, 0.717) is 12.8 Å². The molecule has 1 rings (SSSR count). The molecule has 0 bridgehead atoms. The second kappa shape index (κ2) is 4.94. The lowest BCUT2D eigenvalue weighted by molar-refractivity contribution is -0.129. The minimum absolute atomic E-state index is 0.0703. The van der Waals surface area contributed by atoms with Crippen molar-refractivity contribution in [2.24, 2.45) is 5.41 Å². The molecule has 2 unspecified atom stereocenters. The molecule has 2 atom stereocenters. The van der Waals surface area contributed by atoms with Gasteiger partial charge in [-0.2, -0.15) is 0 Å². The summed E-state index contributed by atoms with van der Waals surface area (Å²) >= 11 is 0. The van der Waals surface area contributed by atoms with E-state index in [9.17, 15) is 9.90 Å². The Bertz CT molecular complexity index is 229. The lowest BCUT2D eigenvalue weighted by atomic mass is 9.64. The van der Waals surface area contributed by atoms with E-state index in [1.54, 1.807) is 0 Å². The molecular weight excluding hydrogens is 192 g/mol. The molecule has 0 aromatic rings. The zero-order valence-electron chi connectivity index (χ0n) is 9.84. The van der Waals surface area contributed by atoms with Crippen LogP contribution in [-0.2, 0) is 4.79 Å². The zero-order valence-corrected chi connectivity index (χ0v) is 9.84. The summed E-state index contributed by atoms with van der Waals surface area (Å²) in [6, 6.07) is 0.127. The number of amides is 1. The smallest absolute Gasteiger partial charge is 0.221 e. The van der Waals surface area contributed by atoms with E-state index in [1.807, 2.05) is 20.8 Å². The van der Waals surface area contributed by atoms with Crippen LogP contribution in [0.15, 0.2) is 0 Å². The fourth-order valence-corrected chi connectivity index (χ4v) is 1.79. The Labute approximate surface area is 91.4 Å².